The Morgan fingerprint density at radius 2 is 2.00 bits per heavy atom. The predicted molar refractivity (Wildman–Crippen MR) is 73.8 cm³/mol. The van der Waals surface area contributed by atoms with Crippen LogP contribution < -0.4 is 10.1 Å². The molecule has 2 N–H and O–H groups in total. The maximum atomic E-state index is 12.0. The molecule has 0 saturated carbocycles. The number of ether oxygens (including phenoxy) is 1. The van der Waals surface area contributed by atoms with E-state index in [9.17, 15) is 9.90 Å². The third-order valence-electron chi connectivity index (χ3n) is 2.76. The van der Waals surface area contributed by atoms with Crippen LogP contribution in [0.1, 0.15) is 15.9 Å². The molecule has 0 atom stereocenters. The average molecular weight is 257 g/mol. The molecule has 0 radical (unpaired) electrons. The fourth-order valence-electron chi connectivity index (χ4n) is 1.81. The van der Waals surface area contributed by atoms with Gasteiger partial charge in [0.25, 0.3) is 5.91 Å². The highest BCUT2D eigenvalue weighted by Gasteiger charge is 2.07. The van der Waals surface area contributed by atoms with Gasteiger partial charge in [-0.05, 0) is 48.9 Å². The minimum absolute atomic E-state index is 0.0681. The first-order chi connectivity index (χ1) is 9.10. The molecule has 0 saturated heterocycles. The van der Waals surface area contributed by atoms with E-state index < -0.39 is 0 Å². The van der Waals surface area contributed by atoms with Crippen molar-refractivity contribution in [2.45, 2.75) is 6.92 Å². The summed E-state index contributed by atoms with van der Waals surface area (Å²) in [5, 5.41) is 12.1. The van der Waals surface area contributed by atoms with Crippen molar-refractivity contribution in [2.75, 3.05) is 12.4 Å². The lowest BCUT2D eigenvalue weighted by Crippen LogP contribution is -2.11. The van der Waals surface area contributed by atoms with Gasteiger partial charge in [0.1, 0.15) is 11.5 Å². The van der Waals surface area contributed by atoms with Gasteiger partial charge in [0.15, 0.2) is 0 Å². The van der Waals surface area contributed by atoms with Crippen molar-refractivity contribution in [1.29, 1.82) is 0 Å². The highest BCUT2D eigenvalue weighted by molar-refractivity contribution is 6.04. The fraction of sp³-hybridized carbons (Fsp3) is 0.133. The Morgan fingerprint density at radius 1 is 1.21 bits per heavy atom. The normalized spacial score (nSPS) is 10.0. The molecule has 2 aromatic carbocycles. The van der Waals surface area contributed by atoms with Gasteiger partial charge >= 0.3 is 0 Å². The first kappa shape index (κ1) is 13.0. The fourth-order valence-corrected chi connectivity index (χ4v) is 1.81. The second-order valence-electron chi connectivity index (χ2n) is 4.19. The van der Waals surface area contributed by atoms with Crippen molar-refractivity contribution in [2.24, 2.45) is 0 Å². The van der Waals surface area contributed by atoms with Gasteiger partial charge in [-0.15, -0.1) is 0 Å². The molecule has 98 valence electrons. The van der Waals surface area contributed by atoms with Gasteiger partial charge in [-0.1, -0.05) is 6.07 Å². The zero-order valence-electron chi connectivity index (χ0n) is 10.8. The maximum Gasteiger partial charge on any atom is 0.255 e. The van der Waals surface area contributed by atoms with Crippen molar-refractivity contribution in [3.8, 4) is 11.5 Å². The minimum atomic E-state index is -0.263. The molecule has 0 bridgehead atoms. The van der Waals surface area contributed by atoms with E-state index in [1.165, 1.54) is 12.1 Å². The van der Waals surface area contributed by atoms with Crippen LogP contribution in [-0.4, -0.2) is 18.1 Å². The summed E-state index contributed by atoms with van der Waals surface area (Å²) < 4.78 is 5.16. The van der Waals surface area contributed by atoms with Crippen LogP contribution >= 0.6 is 0 Å². The van der Waals surface area contributed by atoms with E-state index in [1.807, 2.05) is 13.0 Å². The van der Waals surface area contributed by atoms with Crippen molar-refractivity contribution in [3.63, 3.8) is 0 Å². The van der Waals surface area contributed by atoms with Gasteiger partial charge in [0, 0.05) is 11.3 Å². The van der Waals surface area contributed by atoms with Crippen LogP contribution in [-0.2, 0) is 0 Å². The molecule has 4 heteroatoms. The Bertz CT molecular complexity index is 608. The van der Waals surface area contributed by atoms with Gasteiger partial charge in [-0.2, -0.15) is 0 Å². The number of amides is 1. The molecule has 0 unspecified atom stereocenters. The number of hydrogen-bond acceptors (Lipinski definition) is 3. The second-order valence-corrected chi connectivity index (χ2v) is 4.19. The van der Waals surface area contributed by atoms with Crippen LogP contribution in [0.4, 0.5) is 5.69 Å². The Hall–Kier alpha value is -2.49. The average Bonchev–Trinajstić information content (AvgIpc) is 2.39. The van der Waals surface area contributed by atoms with Crippen molar-refractivity contribution < 1.29 is 14.6 Å². The summed E-state index contributed by atoms with van der Waals surface area (Å²) in [6.07, 6.45) is 0. The maximum absolute atomic E-state index is 12.0. The zero-order valence-corrected chi connectivity index (χ0v) is 10.8. The lowest BCUT2D eigenvalue weighted by Gasteiger charge is -2.09. The van der Waals surface area contributed by atoms with Gasteiger partial charge in [-0.25, -0.2) is 0 Å². The summed E-state index contributed by atoms with van der Waals surface area (Å²) in [7, 11) is 1.60. The molecule has 0 aliphatic carbocycles. The quantitative estimate of drug-likeness (QED) is 0.888. The Balaban J connectivity index is 2.17. The van der Waals surface area contributed by atoms with E-state index in [-0.39, 0.29) is 11.7 Å². The number of methoxy groups -OCH3 is 1. The number of rotatable bonds is 3. The molecule has 0 spiro atoms. The van der Waals surface area contributed by atoms with Crippen LogP contribution in [0.15, 0.2) is 42.5 Å². The molecule has 0 aliphatic rings. The van der Waals surface area contributed by atoms with Gasteiger partial charge < -0.3 is 15.2 Å². The number of aryl methyl sites for hydroxylation is 1. The summed E-state index contributed by atoms with van der Waals surface area (Å²) in [4.78, 5) is 12.0. The summed E-state index contributed by atoms with van der Waals surface area (Å²) in [5.74, 6) is 0.578. The Kier molecular flexibility index (Phi) is 3.71. The SMILES string of the molecule is COc1ccc(NC(=O)c2cccc(O)c2)cc1C. The van der Waals surface area contributed by atoms with Crippen molar-refractivity contribution in [3.05, 3.63) is 53.6 Å². The third-order valence-corrected chi connectivity index (χ3v) is 2.76. The summed E-state index contributed by atoms with van der Waals surface area (Å²) >= 11 is 0. The van der Waals surface area contributed by atoms with E-state index in [0.29, 0.717) is 11.3 Å². The molecule has 2 aromatic rings. The highest BCUT2D eigenvalue weighted by Crippen LogP contribution is 2.22. The van der Waals surface area contributed by atoms with Crippen LogP contribution in [0.5, 0.6) is 11.5 Å². The number of nitrogens with one attached hydrogen (secondary N) is 1. The van der Waals surface area contributed by atoms with Gasteiger partial charge in [-0.3, -0.25) is 4.79 Å². The number of aromatic hydroxyl groups is 1. The largest absolute Gasteiger partial charge is 0.508 e. The molecular formula is C15H15NO3. The second kappa shape index (κ2) is 5.44. The van der Waals surface area contributed by atoms with E-state index in [1.54, 1.807) is 31.4 Å². The number of hydrogen-bond donors (Lipinski definition) is 2. The topological polar surface area (TPSA) is 58.6 Å². The van der Waals surface area contributed by atoms with Crippen LogP contribution in [0, 0.1) is 6.92 Å². The minimum Gasteiger partial charge on any atom is -0.508 e. The summed E-state index contributed by atoms with van der Waals surface area (Å²) in [6, 6.07) is 11.6. The van der Waals surface area contributed by atoms with Crippen LogP contribution in [0.25, 0.3) is 0 Å². The smallest absolute Gasteiger partial charge is 0.255 e. The Morgan fingerprint density at radius 3 is 2.63 bits per heavy atom. The molecule has 4 nitrogen and oxygen atoms in total. The molecule has 2 rings (SSSR count). The summed E-state index contributed by atoms with van der Waals surface area (Å²) in [6.45, 7) is 1.91. The molecule has 19 heavy (non-hydrogen) atoms. The molecule has 1 amide bonds. The number of phenolic OH excluding ortho intramolecular Hbond substituents is 1. The number of phenols is 1. The van der Waals surface area contributed by atoms with Crippen LogP contribution in [0.2, 0.25) is 0 Å². The lowest BCUT2D eigenvalue weighted by molar-refractivity contribution is 0.102. The molecule has 0 aliphatic heterocycles. The summed E-state index contributed by atoms with van der Waals surface area (Å²) in [5.41, 5.74) is 2.04. The van der Waals surface area contributed by atoms with Gasteiger partial charge in [0.2, 0.25) is 0 Å². The first-order valence-corrected chi connectivity index (χ1v) is 5.85. The van der Waals surface area contributed by atoms with Gasteiger partial charge in [0.05, 0.1) is 7.11 Å². The standard InChI is InChI=1S/C15H15NO3/c1-10-8-12(6-7-14(10)19-2)16-15(18)11-4-3-5-13(17)9-11/h3-9,17H,1-2H3,(H,16,18). The molecule has 0 aromatic heterocycles. The van der Waals surface area contributed by atoms with Crippen molar-refractivity contribution in [1.82, 2.24) is 0 Å². The predicted octanol–water partition coefficient (Wildman–Crippen LogP) is 2.96. The molecular weight excluding hydrogens is 242 g/mol. The monoisotopic (exact) mass is 257 g/mol. The Labute approximate surface area is 111 Å². The van der Waals surface area contributed by atoms with E-state index in [4.69, 9.17) is 4.74 Å². The lowest BCUT2D eigenvalue weighted by atomic mass is 10.1. The number of carbonyl (C=O) groups excluding carboxylic acids is 1. The van der Waals surface area contributed by atoms with E-state index in [2.05, 4.69) is 5.32 Å². The number of carbonyl (C=O) groups is 1. The molecule has 0 fully saturated rings. The zero-order chi connectivity index (χ0) is 13.8. The van der Waals surface area contributed by atoms with Crippen molar-refractivity contribution >= 4 is 11.6 Å². The van der Waals surface area contributed by atoms with E-state index >= 15 is 0 Å². The molecule has 0 heterocycles. The van der Waals surface area contributed by atoms with Crippen LogP contribution in [0.3, 0.4) is 0 Å². The first-order valence-electron chi connectivity index (χ1n) is 5.85. The number of anilines is 1. The highest BCUT2D eigenvalue weighted by atomic mass is 16.5. The number of benzene rings is 2. The van der Waals surface area contributed by atoms with E-state index in [0.717, 1.165) is 11.3 Å². The third kappa shape index (κ3) is 3.04.